The van der Waals surface area contributed by atoms with Crippen molar-refractivity contribution in [3.63, 3.8) is 0 Å². The largest absolute Gasteiger partial charge is 0.493 e. The summed E-state index contributed by atoms with van der Waals surface area (Å²) in [4.78, 5) is 29.1. The van der Waals surface area contributed by atoms with E-state index in [1.807, 2.05) is 41.6 Å². The molecule has 1 aliphatic rings. The fourth-order valence-corrected chi connectivity index (χ4v) is 3.92. The van der Waals surface area contributed by atoms with Crippen LogP contribution in [0, 0.1) is 16.3 Å². The lowest BCUT2D eigenvalue weighted by Crippen LogP contribution is -2.11. The van der Waals surface area contributed by atoms with Gasteiger partial charge in [0.2, 0.25) is 5.90 Å². The zero-order valence-corrected chi connectivity index (χ0v) is 19.8. The average molecular weight is 557 g/mol. The van der Waals surface area contributed by atoms with E-state index in [1.165, 1.54) is 31.4 Å². The topological polar surface area (TPSA) is 74.2 Å². The number of nitrogens with zero attached hydrogens (tertiary/aromatic N) is 1. The number of cyclic esters (lactones) is 1. The van der Waals surface area contributed by atoms with Gasteiger partial charge in [-0.15, -0.1) is 0 Å². The number of rotatable bonds is 5. The van der Waals surface area contributed by atoms with E-state index < -0.39 is 17.8 Å². The maximum atomic E-state index is 13.5. The number of carbonyl (C=O) groups excluding carboxylic acids is 2. The standard InChI is InChI=1S/C25H17FINO5/c1-14-6-3-4-9-18(14)24(29)32-22-19(27)10-15(12-21(22)31-2)11-20-25(30)33-23(28-20)16-7-5-8-17(26)13-16/h3-13H,1-2H3/b20-11-. The summed E-state index contributed by atoms with van der Waals surface area (Å²) in [6.07, 6.45) is 1.52. The van der Waals surface area contributed by atoms with Gasteiger partial charge in [-0.2, -0.15) is 0 Å². The number of methoxy groups -OCH3 is 1. The zero-order chi connectivity index (χ0) is 23.5. The molecule has 1 aliphatic heterocycles. The second-order valence-corrected chi connectivity index (χ2v) is 8.25. The maximum Gasteiger partial charge on any atom is 0.363 e. The van der Waals surface area contributed by atoms with Gasteiger partial charge in [0, 0.05) is 5.56 Å². The summed E-state index contributed by atoms with van der Waals surface area (Å²) in [5.41, 5.74) is 2.25. The average Bonchev–Trinajstić information content (AvgIpc) is 3.15. The highest BCUT2D eigenvalue weighted by Crippen LogP contribution is 2.35. The summed E-state index contributed by atoms with van der Waals surface area (Å²) in [6.45, 7) is 1.83. The second kappa shape index (κ2) is 9.53. The van der Waals surface area contributed by atoms with E-state index in [-0.39, 0.29) is 17.3 Å². The van der Waals surface area contributed by atoms with Crippen molar-refractivity contribution in [3.05, 3.63) is 98.0 Å². The molecule has 1 heterocycles. The Morgan fingerprint density at radius 3 is 2.64 bits per heavy atom. The van der Waals surface area contributed by atoms with Crippen LogP contribution >= 0.6 is 22.6 Å². The lowest BCUT2D eigenvalue weighted by atomic mass is 10.1. The van der Waals surface area contributed by atoms with Gasteiger partial charge in [-0.3, -0.25) is 0 Å². The molecule has 3 aromatic rings. The van der Waals surface area contributed by atoms with Gasteiger partial charge in [-0.05, 0) is 83.1 Å². The second-order valence-electron chi connectivity index (χ2n) is 7.08. The first kappa shape index (κ1) is 22.7. The molecular formula is C25H17FINO5. The number of aryl methyl sites for hydroxylation is 1. The molecule has 0 amide bonds. The smallest absolute Gasteiger partial charge is 0.363 e. The zero-order valence-electron chi connectivity index (χ0n) is 17.6. The van der Waals surface area contributed by atoms with Gasteiger partial charge in [0.1, 0.15) is 5.82 Å². The van der Waals surface area contributed by atoms with E-state index in [1.54, 1.807) is 30.3 Å². The molecule has 0 fully saturated rings. The number of aliphatic imine (C=N–C) groups is 1. The van der Waals surface area contributed by atoms with Crippen molar-refractivity contribution in [2.45, 2.75) is 6.92 Å². The third kappa shape index (κ3) is 4.95. The number of ether oxygens (including phenoxy) is 3. The summed E-state index contributed by atoms with van der Waals surface area (Å²) >= 11 is 2.03. The van der Waals surface area contributed by atoms with Crippen molar-refractivity contribution in [1.82, 2.24) is 0 Å². The Morgan fingerprint density at radius 1 is 1.12 bits per heavy atom. The number of esters is 2. The number of benzene rings is 3. The van der Waals surface area contributed by atoms with Gasteiger partial charge in [0.25, 0.3) is 0 Å². The Kier molecular flexibility index (Phi) is 6.55. The van der Waals surface area contributed by atoms with Gasteiger partial charge < -0.3 is 14.2 Å². The Hall–Kier alpha value is -3.53. The number of carbonyl (C=O) groups is 2. The number of halogens is 2. The number of hydrogen-bond donors (Lipinski definition) is 0. The van der Waals surface area contributed by atoms with Gasteiger partial charge in [-0.1, -0.05) is 24.3 Å². The van der Waals surface area contributed by atoms with Crippen LogP contribution in [-0.4, -0.2) is 24.9 Å². The predicted molar refractivity (Wildman–Crippen MR) is 129 cm³/mol. The van der Waals surface area contributed by atoms with Gasteiger partial charge >= 0.3 is 11.9 Å². The molecule has 6 nitrogen and oxygen atoms in total. The Morgan fingerprint density at radius 2 is 1.91 bits per heavy atom. The third-order valence-electron chi connectivity index (χ3n) is 4.81. The van der Waals surface area contributed by atoms with E-state index in [4.69, 9.17) is 14.2 Å². The Bertz CT molecular complexity index is 1330. The molecule has 3 aromatic carbocycles. The van der Waals surface area contributed by atoms with Crippen molar-refractivity contribution in [2.75, 3.05) is 7.11 Å². The van der Waals surface area contributed by atoms with Crippen molar-refractivity contribution >= 4 is 46.5 Å². The first-order valence-electron chi connectivity index (χ1n) is 9.79. The first-order chi connectivity index (χ1) is 15.9. The van der Waals surface area contributed by atoms with Crippen LogP contribution in [0.2, 0.25) is 0 Å². The van der Waals surface area contributed by atoms with Crippen LogP contribution in [0.15, 0.2) is 71.4 Å². The summed E-state index contributed by atoms with van der Waals surface area (Å²) in [6, 6.07) is 16.1. The van der Waals surface area contributed by atoms with Gasteiger partial charge in [0.05, 0.1) is 16.2 Å². The molecule has 8 heteroatoms. The highest BCUT2D eigenvalue weighted by molar-refractivity contribution is 14.1. The highest BCUT2D eigenvalue weighted by Gasteiger charge is 2.25. The summed E-state index contributed by atoms with van der Waals surface area (Å²) in [5.74, 6) is -1.00. The van der Waals surface area contributed by atoms with Crippen molar-refractivity contribution in [2.24, 2.45) is 4.99 Å². The van der Waals surface area contributed by atoms with Crippen LogP contribution in [0.3, 0.4) is 0 Å². The lowest BCUT2D eigenvalue weighted by molar-refractivity contribution is -0.129. The fraction of sp³-hybridized carbons (Fsp3) is 0.0800. The highest BCUT2D eigenvalue weighted by atomic mass is 127. The van der Waals surface area contributed by atoms with Crippen LogP contribution in [0.1, 0.15) is 27.0 Å². The molecule has 0 aromatic heterocycles. The Balaban J connectivity index is 1.64. The summed E-state index contributed by atoms with van der Waals surface area (Å²) in [7, 11) is 1.46. The summed E-state index contributed by atoms with van der Waals surface area (Å²) in [5, 5.41) is 0. The quantitative estimate of drug-likeness (QED) is 0.184. The molecule has 0 spiro atoms. The monoisotopic (exact) mass is 557 g/mol. The Labute approximate surface area is 202 Å². The molecule has 0 saturated carbocycles. The van der Waals surface area contributed by atoms with Gasteiger partial charge in [-0.25, -0.2) is 19.0 Å². The van der Waals surface area contributed by atoms with E-state index in [2.05, 4.69) is 4.99 Å². The van der Waals surface area contributed by atoms with Crippen molar-refractivity contribution in [1.29, 1.82) is 0 Å². The molecule has 33 heavy (non-hydrogen) atoms. The molecule has 0 aliphatic carbocycles. The van der Waals surface area contributed by atoms with E-state index in [0.717, 1.165) is 5.56 Å². The van der Waals surface area contributed by atoms with E-state index >= 15 is 0 Å². The molecule has 0 unspecified atom stereocenters. The molecule has 166 valence electrons. The van der Waals surface area contributed by atoms with Crippen LogP contribution in [-0.2, 0) is 9.53 Å². The predicted octanol–water partition coefficient (Wildman–Crippen LogP) is 5.31. The fourth-order valence-electron chi connectivity index (χ4n) is 3.18. The lowest BCUT2D eigenvalue weighted by Gasteiger charge is -2.13. The minimum absolute atomic E-state index is 0.0243. The summed E-state index contributed by atoms with van der Waals surface area (Å²) < 4.78 is 30.3. The normalized spacial score (nSPS) is 14.1. The van der Waals surface area contributed by atoms with Gasteiger partial charge in [0.15, 0.2) is 17.2 Å². The third-order valence-corrected chi connectivity index (χ3v) is 5.61. The first-order valence-corrected chi connectivity index (χ1v) is 10.9. The number of hydrogen-bond acceptors (Lipinski definition) is 6. The minimum Gasteiger partial charge on any atom is -0.493 e. The van der Waals surface area contributed by atoms with Crippen LogP contribution in [0.5, 0.6) is 11.5 Å². The molecule has 0 radical (unpaired) electrons. The van der Waals surface area contributed by atoms with Crippen molar-refractivity contribution < 1.29 is 28.2 Å². The van der Waals surface area contributed by atoms with E-state index in [0.29, 0.717) is 26.0 Å². The SMILES string of the molecule is COc1cc(/C=C2\N=C(c3cccc(F)c3)OC2=O)cc(I)c1OC(=O)c1ccccc1C. The van der Waals surface area contributed by atoms with Crippen molar-refractivity contribution in [3.8, 4) is 11.5 Å². The van der Waals surface area contributed by atoms with Crippen LogP contribution in [0.4, 0.5) is 4.39 Å². The molecule has 0 atom stereocenters. The van der Waals surface area contributed by atoms with Crippen LogP contribution < -0.4 is 9.47 Å². The van der Waals surface area contributed by atoms with E-state index in [9.17, 15) is 14.0 Å². The molecule has 0 saturated heterocycles. The maximum absolute atomic E-state index is 13.5. The molecule has 0 N–H and O–H groups in total. The molecular weight excluding hydrogens is 540 g/mol. The van der Waals surface area contributed by atoms with Crippen LogP contribution in [0.25, 0.3) is 6.08 Å². The minimum atomic E-state index is -0.654. The molecule has 0 bridgehead atoms. The molecule has 4 rings (SSSR count).